The monoisotopic (exact) mass is 385 g/mol. The van der Waals surface area contributed by atoms with Crippen LogP contribution in [0.2, 0.25) is 0 Å². The lowest BCUT2D eigenvalue weighted by atomic mass is 10.1. The van der Waals surface area contributed by atoms with Gasteiger partial charge in [-0.2, -0.15) is 4.31 Å². The molecule has 0 radical (unpaired) electrons. The van der Waals surface area contributed by atoms with Crippen molar-refractivity contribution in [2.75, 3.05) is 13.1 Å². The van der Waals surface area contributed by atoms with E-state index in [0.29, 0.717) is 19.0 Å². The lowest BCUT2D eigenvalue weighted by Crippen LogP contribution is -2.29. The Morgan fingerprint density at radius 3 is 2.74 bits per heavy atom. The highest BCUT2D eigenvalue weighted by molar-refractivity contribution is 7.89. The molecule has 3 aromatic rings. The minimum Gasteiger partial charge on any atom is -0.326 e. The molecule has 27 heavy (non-hydrogen) atoms. The molecule has 0 aliphatic carbocycles. The summed E-state index contributed by atoms with van der Waals surface area (Å²) < 4.78 is 29.5. The van der Waals surface area contributed by atoms with E-state index < -0.39 is 10.0 Å². The van der Waals surface area contributed by atoms with Crippen molar-refractivity contribution in [2.45, 2.75) is 37.6 Å². The molecule has 1 aliphatic heterocycles. The topological polar surface area (TPSA) is 81.0 Å². The number of aromatic nitrogens is 4. The zero-order chi connectivity index (χ0) is 19.0. The largest absolute Gasteiger partial charge is 0.326 e. The van der Waals surface area contributed by atoms with Crippen LogP contribution in [0.1, 0.15) is 32.0 Å². The quantitative estimate of drug-likeness (QED) is 0.674. The summed E-state index contributed by atoms with van der Waals surface area (Å²) in [7, 11) is -3.52. The molecule has 0 saturated carbocycles. The number of nitrogens with zero attached hydrogens (tertiary/aromatic N) is 5. The molecule has 1 fully saturated rings. The van der Waals surface area contributed by atoms with Crippen LogP contribution in [0.4, 0.5) is 0 Å². The molecule has 1 aliphatic rings. The first-order chi connectivity index (χ1) is 13.0. The van der Waals surface area contributed by atoms with E-state index >= 15 is 0 Å². The van der Waals surface area contributed by atoms with Gasteiger partial charge in [-0.1, -0.05) is 13.8 Å². The maximum atomic E-state index is 12.9. The van der Waals surface area contributed by atoms with E-state index in [4.69, 9.17) is 4.98 Å². The smallest absolute Gasteiger partial charge is 0.244 e. The Balaban J connectivity index is 1.66. The van der Waals surface area contributed by atoms with E-state index in [0.717, 1.165) is 29.8 Å². The number of hydrogen-bond acceptors (Lipinski definition) is 5. The molecule has 8 heteroatoms. The predicted octanol–water partition coefficient (Wildman–Crippen LogP) is 2.66. The van der Waals surface area contributed by atoms with Gasteiger partial charge < -0.3 is 4.57 Å². The Labute approximate surface area is 159 Å². The molecule has 0 spiro atoms. The lowest BCUT2D eigenvalue weighted by Gasteiger charge is -2.18. The van der Waals surface area contributed by atoms with Crippen LogP contribution in [0.25, 0.3) is 11.0 Å². The number of rotatable bonds is 5. The van der Waals surface area contributed by atoms with E-state index in [1.165, 1.54) is 6.20 Å². The van der Waals surface area contributed by atoms with Crippen LogP contribution in [-0.4, -0.2) is 45.3 Å². The molecule has 0 unspecified atom stereocenters. The van der Waals surface area contributed by atoms with Gasteiger partial charge in [0.25, 0.3) is 0 Å². The summed E-state index contributed by atoms with van der Waals surface area (Å²) >= 11 is 0. The van der Waals surface area contributed by atoms with E-state index in [9.17, 15) is 8.42 Å². The van der Waals surface area contributed by atoms with Gasteiger partial charge in [-0.05, 0) is 30.5 Å². The number of sulfonamides is 1. The molecule has 1 saturated heterocycles. The lowest BCUT2D eigenvalue weighted by molar-refractivity contribution is 0.462. The minimum atomic E-state index is -3.52. The third-order valence-electron chi connectivity index (χ3n) is 4.92. The van der Waals surface area contributed by atoms with Gasteiger partial charge in [-0.3, -0.25) is 9.97 Å². The Morgan fingerprint density at radius 2 is 2.00 bits per heavy atom. The second-order valence-electron chi connectivity index (χ2n) is 7.38. The van der Waals surface area contributed by atoms with Crippen molar-refractivity contribution in [3.63, 3.8) is 0 Å². The third kappa shape index (κ3) is 3.35. The normalized spacial score (nSPS) is 18.6. The van der Waals surface area contributed by atoms with E-state index in [2.05, 4.69) is 28.4 Å². The standard InChI is InChI=1S/C19H23N5O2S/c1-14(2)12-24-18-11-21-8-5-17(18)22-19(24)15-6-9-23(13-15)27(25,26)16-4-3-7-20-10-16/h3-5,7-8,10-11,14-15H,6,9,12-13H2,1-2H3/t15-/m0/s1. The Morgan fingerprint density at radius 1 is 1.19 bits per heavy atom. The van der Waals surface area contributed by atoms with Crippen molar-refractivity contribution >= 4 is 21.1 Å². The zero-order valence-electron chi connectivity index (χ0n) is 15.5. The summed E-state index contributed by atoms with van der Waals surface area (Å²) in [5.74, 6) is 1.48. The van der Waals surface area contributed by atoms with Crippen molar-refractivity contribution in [3.8, 4) is 0 Å². The molecule has 0 bridgehead atoms. The molecule has 0 amide bonds. The molecular formula is C19H23N5O2S. The van der Waals surface area contributed by atoms with E-state index in [-0.39, 0.29) is 10.8 Å². The first-order valence-corrected chi connectivity index (χ1v) is 10.6. The second-order valence-corrected chi connectivity index (χ2v) is 9.31. The van der Waals surface area contributed by atoms with Gasteiger partial charge in [0.1, 0.15) is 10.7 Å². The highest BCUT2D eigenvalue weighted by Gasteiger charge is 2.35. The van der Waals surface area contributed by atoms with Crippen LogP contribution in [0.5, 0.6) is 0 Å². The molecule has 4 rings (SSSR count). The summed E-state index contributed by atoms with van der Waals surface area (Å²) in [5, 5.41) is 0. The molecule has 3 aromatic heterocycles. The number of pyridine rings is 2. The number of imidazole rings is 1. The summed E-state index contributed by atoms with van der Waals surface area (Å²) in [6.45, 7) is 6.10. The number of hydrogen-bond donors (Lipinski definition) is 0. The number of fused-ring (bicyclic) bond motifs is 1. The van der Waals surface area contributed by atoms with Gasteiger partial charge >= 0.3 is 0 Å². The Kier molecular flexibility index (Phi) is 4.69. The molecule has 1 atom stereocenters. The van der Waals surface area contributed by atoms with Crippen LogP contribution in [-0.2, 0) is 16.6 Å². The van der Waals surface area contributed by atoms with Crippen molar-refractivity contribution in [1.29, 1.82) is 0 Å². The van der Waals surface area contributed by atoms with Crippen molar-refractivity contribution in [2.24, 2.45) is 5.92 Å². The maximum Gasteiger partial charge on any atom is 0.244 e. The molecular weight excluding hydrogens is 362 g/mol. The highest BCUT2D eigenvalue weighted by Crippen LogP contribution is 2.32. The fraction of sp³-hybridized carbons (Fsp3) is 0.421. The summed E-state index contributed by atoms with van der Waals surface area (Å²) in [4.78, 5) is 13.3. The SMILES string of the molecule is CC(C)Cn1c([C@H]2CCN(S(=O)(=O)c3cccnc3)C2)nc2ccncc21. The Hall–Kier alpha value is -2.32. The van der Waals surface area contributed by atoms with Gasteiger partial charge in [0, 0.05) is 44.1 Å². The van der Waals surface area contributed by atoms with Crippen LogP contribution in [0.15, 0.2) is 47.9 Å². The van der Waals surface area contributed by atoms with Crippen molar-refractivity contribution in [1.82, 2.24) is 23.8 Å². The van der Waals surface area contributed by atoms with Gasteiger partial charge in [0.15, 0.2) is 0 Å². The van der Waals surface area contributed by atoms with E-state index in [1.807, 2.05) is 12.3 Å². The van der Waals surface area contributed by atoms with Crippen LogP contribution in [0, 0.1) is 5.92 Å². The molecule has 7 nitrogen and oxygen atoms in total. The van der Waals surface area contributed by atoms with Gasteiger partial charge in [0.2, 0.25) is 10.0 Å². The highest BCUT2D eigenvalue weighted by atomic mass is 32.2. The summed E-state index contributed by atoms with van der Waals surface area (Å²) in [5.41, 5.74) is 1.92. The first kappa shape index (κ1) is 18.1. The fourth-order valence-corrected chi connectivity index (χ4v) is 5.13. The molecule has 4 heterocycles. The van der Waals surface area contributed by atoms with Crippen LogP contribution in [0.3, 0.4) is 0 Å². The molecule has 0 N–H and O–H groups in total. The Bertz CT molecular complexity index is 1050. The fourth-order valence-electron chi connectivity index (χ4n) is 3.66. The molecule has 0 aromatic carbocycles. The predicted molar refractivity (Wildman–Crippen MR) is 103 cm³/mol. The summed E-state index contributed by atoms with van der Waals surface area (Å²) in [6, 6.07) is 5.15. The molecule has 142 valence electrons. The average molecular weight is 385 g/mol. The van der Waals surface area contributed by atoms with Crippen molar-refractivity contribution < 1.29 is 8.42 Å². The second kappa shape index (κ2) is 7.01. The first-order valence-electron chi connectivity index (χ1n) is 9.17. The van der Waals surface area contributed by atoms with Gasteiger partial charge in [0.05, 0.1) is 17.2 Å². The van der Waals surface area contributed by atoms with Gasteiger partial charge in [-0.25, -0.2) is 13.4 Å². The average Bonchev–Trinajstić information content (AvgIpc) is 3.28. The van der Waals surface area contributed by atoms with Crippen LogP contribution < -0.4 is 0 Å². The summed E-state index contributed by atoms with van der Waals surface area (Å²) in [6.07, 6.45) is 7.32. The minimum absolute atomic E-state index is 0.0718. The third-order valence-corrected chi connectivity index (χ3v) is 6.76. The van der Waals surface area contributed by atoms with Crippen molar-refractivity contribution in [3.05, 3.63) is 48.8 Å². The van der Waals surface area contributed by atoms with Gasteiger partial charge in [-0.15, -0.1) is 0 Å². The maximum absolute atomic E-state index is 12.9. The van der Waals surface area contributed by atoms with Crippen LogP contribution >= 0.6 is 0 Å². The zero-order valence-corrected chi connectivity index (χ0v) is 16.3. The van der Waals surface area contributed by atoms with E-state index in [1.54, 1.807) is 28.8 Å².